The van der Waals surface area contributed by atoms with Crippen LogP contribution in [0.1, 0.15) is 0 Å². The standard InChI is InChI=1S/C8H6Cl2O3.Na/c9-5-1-2-7(6(10)3-5)13-4-8(11)12;/h1-3H,4H2,(H,11,12);. The molecule has 1 aromatic rings. The van der Waals surface area contributed by atoms with E-state index in [2.05, 4.69) is 0 Å². The number of hydrogen-bond acceptors (Lipinski definition) is 2. The van der Waals surface area contributed by atoms with Crippen LogP contribution >= 0.6 is 23.2 Å². The van der Waals surface area contributed by atoms with Crippen molar-refractivity contribution in [2.75, 3.05) is 6.61 Å². The van der Waals surface area contributed by atoms with Gasteiger partial charge in [-0.2, -0.15) is 0 Å². The van der Waals surface area contributed by atoms with Crippen LogP contribution in [0, 0.1) is 0 Å². The Hall–Kier alpha value is 0.0700. The molecule has 1 rings (SSSR count). The first-order chi connectivity index (χ1) is 6.09. The third-order valence-electron chi connectivity index (χ3n) is 1.25. The number of halogens is 2. The Balaban J connectivity index is 0.00000169. The van der Waals surface area contributed by atoms with E-state index in [1.54, 1.807) is 6.07 Å². The van der Waals surface area contributed by atoms with Gasteiger partial charge in [0.15, 0.2) is 6.61 Å². The zero-order valence-corrected chi connectivity index (χ0v) is 11.0. The summed E-state index contributed by atoms with van der Waals surface area (Å²) in [4.78, 5) is 10.2. The molecule has 0 spiro atoms. The summed E-state index contributed by atoms with van der Waals surface area (Å²) >= 11 is 11.3. The van der Waals surface area contributed by atoms with E-state index in [4.69, 9.17) is 33.0 Å². The number of carboxylic acid groups (broad SMARTS) is 1. The maximum absolute atomic E-state index is 10.2. The van der Waals surface area contributed by atoms with Crippen molar-refractivity contribution >= 4 is 58.7 Å². The molecule has 0 bridgehead atoms. The topological polar surface area (TPSA) is 46.5 Å². The van der Waals surface area contributed by atoms with Crippen LogP contribution in [0.2, 0.25) is 10.0 Å². The normalized spacial score (nSPS) is 9.00. The molecular weight excluding hydrogens is 238 g/mol. The molecule has 3 nitrogen and oxygen atoms in total. The van der Waals surface area contributed by atoms with Gasteiger partial charge in [0.05, 0.1) is 5.02 Å². The zero-order valence-electron chi connectivity index (χ0n) is 7.46. The van der Waals surface area contributed by atoms with Crippen molar-refractivity contribution in [3.63, 3.8) is 0 Å². The maximum Gasteiger partial charge on any atom is 0.341 e. The number of benzene rings is 1. The number of carboxylic acids is 1. The first-order valence-electron chi connectivity index (χ1n) is 3.39. The quantitative estimate of drug-likeness (QED) is 0.828. The minimum Gasteiger partial charge on any atom is -0.480 e. The summed E-state index contributed by atoms with van der Waals surface area (Å²) < 4.78 is 4.86. The fraction of sp³-hybridized carbons (Fsp3) is 0.125. The predicted molar refractivity (Wildman–Crippen MR) is 55.3 cm³/mol. The fourth-order valence-corrected chi connectivity index (χ4v) is 1.19. The van der Waals surface area contributed by atoms with E-state index in [-0.39, 0.29) is 29.6 Å². The Kier molecular flexibility index (Phi) is 6.57. The third-order valence-corrected chi connectivity index (χ3v) is 1.78. The van der Waals surface area contributed by atoms with Crippen molar-refractivity contribution in [1.82, 2.24) is 0 Å². The molecule has 0 aliphatic carbocycles. The van der Waals surface area contributed by atoms with Crippen LogP contribution < -0.4 is 4.74 Å². The van der Waals surface area contributed by atoms with Crippen molar-refractivity contribution < 1.29 is 14.6 Å². The van der Waals surface area contributed by atoms with Crippen molar-refractivity contribution in [2.24, 2.45) is 0 Å². The fourth-order valence-electron chi connectivity index (χ4n) is 0.732. The van der Waals surface area contributed by atoms with Gasteiger partial charge < -0.3 is 9.84 Å². The van der Waals surface area contributed by atoms with Crippen LogP contribution in [0.15, 0.2) is 18.2 Å². The first kappa shape index (κ1) is 14.1. The van der Waals surface area contributed by atoms with Gasteiger partial charge in [0, 0.05) is 34.6 Å². The van der Waals surface area contributed by atoms with E-state index >= 15 is 0 Å². The summed E-state index contributed by atoms with van der Waals surface area (Å²) in [6, 6.07) is 4.58. The van der Waals surface area contributed by atoms with Gasteiger partial charge in [-0.1, -0.05) is 23.2 Å². The Labute approximate surface area is 113 Å². The number of hydrogen-bond donors (Lipinski definition) is 1. The molecule has 0 amide bonds. The molecule has 1 N–H and O–H groups in total. The average molecular weight is 244 g/mol. The van der Waals surface area contributed by atoms with Crippen molar-refractivity contribution in [1.29, 1.82) is 0 Å². The summed E-state index contributed by atoms with van der Waals surface area (Å²) in [6.07, 6.45) is 0. The molecule has 0 atom stereocenters. The van der Waals surface area contributed by atoms with E-state index < -0.39 is 12.6 Å². The average Bonchev–Trinajstić information content (AvgIpc) is 2.02. The Morgan fingerprint density at radius 1 is 1.43 bits per heavy atom. The summed E-state index contributed by atoms with van der Waals surface area (Å²) in [6.45, 7) is -0.415. The molecule has 0 unspecified atom stereocenters. The predicted octanol–water partition coefficient (Wildman–Crippen LogP) is 2.08. The zero-order chi connectivity index (χ0) is 9.84. The maximum atomic E-state index is 10.2. The van der Waals surface area contributed by atoms with Gasteiger partial charge in [0.1, 0.15) is 5.75 Å². The molecule has 1 radical (unpaired) electrons. The molecule has 14 heavy (non-hydrogen) atoms. The van der Waals surface area contributed by atoms with Crippen LogP contribution in [0.4, 0.5) is 0 Å². The molecule has 0 heterocycles. The summed E-state index contributed by atoms with van der Waals surface area (Å²) in [5.41, 5.74) is 0. The number of carbonyl (C=O) groups is 1. The van der Waals surface area contributed by atoms with E-state index in [0.29, 0.717) is 15.8 Å². The van der Waals surface area contributed by atoms with E-state index in [1.165, 1.54) is 12.1 Å². The van der Waals surface area contributed by atoms with Crippen LogP contribution in [-0.2, 0) is 4.79 Å². The smallest absolute Gasteiger partial charge is 0.341 e. The molecule has 1 aromatic carbocycles. The number of ether oxygens (including phenoxy) is 1. The second-order valence-electron chi connectivity index (χ2n) is 2.26. The van der Waals surface area contributed by atoms with Gasteiger partial charge >= 0.3 is 5.97 Å². The molecule has 0 aromatic heterocycles. The van der Waals surface area contributed by atoms with E-state index in [0.717, 1.165) is 0 Å². The third kappa shape index (κ3) is 4.53. The summed E-state index contributed by atoms with van der Waals surface area (Å²) in [5, 5.41) is 9.11. The number of aliphatic carboxylic acids is 1. The second kappa shape index (κ2) is 6.53. The molecular formula is C8H6Cl2NaO3. The molecule has 0 fully saturated rings. The molecule has 6 heteroatoms. The van der Waals surface area contributed by atoms with Gasteiger partial charge in [-0.05, 0) is 18.2 Å². The Morgan fingerprint density at radius 3 is 2.57 bits per heavy atom. The molecule has 0 aliphatic heterocycles. The monoisotopic (exact) mass is 243 g/mol. The summed E-state index contributed by atoms with van der Waals surface area (Å²) in [5.74, 6) is -0.737. The van der Waals surface area contributed by atoms with Gasteiger partial charge in [-0.15, -0.1) is 0 Å². The van der Waals surface area contributed by atoms with Gasteiger partial charge in [-0.3, -0.25) is 0 Å². The largest absolute Gasteiger partial charge is 0.480 e. The summed E-state index contributed by atoms with van der Waals surface area (Å²) in [7, 11) is 0. The molecule has 71 valence electrons. The Morgan fingerprint density at radius 2 is 2.07 bits per heavy atom. The van der Waals surface area contributed by atoms with E-state index in [1.807, 2.05) is 0 Å². The van der Waals surface area contributed by atoms with E-state index in [9.17, 15) is 4.79 Å². The van der Waals surface area contributed by atoms with Crippen LogP contribution in [0.5, 0.6) is 5.75 Å². The molecule has 0 aliphatic rings. The first-order valence-corrected chi connectivity index (χ1v) is 4.15. The molecule has 0 saturated carbocycles. The van der Waals surface area contributed by atoms with Crippen molar-refractivity contribution in [3.8, 4) is 5.75 Å². The number of rotatable bonds is 3. The van der Waals surface area contributed by atoms with Crippen molar-refractivity contribution in [3.05, 3.63) is 28.2 Å². The van der Waals surface area contributed by atoms with Crippen LogP contribution in [0.3, 0.4) is 0 Å². The molecule has 0 saturated heterocycles. The van der Waals surface area contributed by atoms with Crippen LogP contribution in [0.25, 0.3) is 0 Å². The minimum atomic E-state index is -1.05. The Bertz CT molecular complexity index is 330. The van der Waals surface area contributed by atoms with Gasteiger partial charge in [-0.25, -0.2) is 4.79 Å². The van der Waals surface area contributed by atoms with Crippen molar-refractivity contribution in [2.45, 2.75) is 0 Å². The van der Waals surface area contributed by atoms with Crippen LogP contribution in [-0.4, -0.2) is 47.2 Å². The van der Waals surface area contributed by atoms with Gasteiger partial charge in [0.25, 0.3) is 0 Å². The second-order valence-corrected chi connectivity index (χ2v) is 3.10. The SMILES string of the molecule is O=C(O)COc1ccc(Cl)cc1Cl.[Na]. The van der Waals surface area contributed by atoms with Gasteiger partial charge in [0.2, 0.25) is 0 Å². The minimum absolute atomic E-state index is 0.